The van der Waals surface area contributed by atoms with Crippen LogP contribution in [0, 0.1) is 0 Å². The highest BCUT2D eigenvalue weighted by atomic mass is 16.4. The fourth-order valence-electron chi connectivity index (χ4n) is 2.88. The molecule has 1 N–H and O–H groups in total. The molecule has 0 aromatic heterocycles. The average Bonchev–Trinajstić information content (AvgIpc) is 2.66. The van der Waals surface area contributed by atoms with Gasteiger partial charge >= 0.3 is 5.97 Å². The van der Waals surface area contributed by atoms with Crippen molar-refractivity contribution in [2.24, 2.45) is 0 Å². The molecule has 0 bridgehead atoms. The molecule has 0 aliphatic rings. The maximum Gasteiger partial charge on any atom is 0.318 e. The quantitative estimate of drug-likeness (QED) is 0.828. The molecule has 0 unspecified atom stereocenters. The van der Waals surface area contributed by atoms with Gasteiger partial charge in [0.1, 0.15) is 5.41 Å². The molecular weight excluding hydrogens is 312 g/mol. The average molecular weight is 340 g/mol. The largest absolute Gasteiger partial charge is 0.480 e. The minimum Gasteiger partial charge on any atom is -0.480 e. The smallest absolute Gasteiger partial charge is 0.318 e. The zero-order valence-electron chi connectivity index (χ0n) is 15.8. The summed E-state index contributed by atoms with van der Waals surface area (Å²) in [4.78, 5) is 16.4. The summed E-state index contributed by atoms with van der Waals surface area (Å²) in [5, 5.41) is 9.97. The van der Waals surface area contributed by atoms with Gasteiger partial charge in [0.2, 0.25) is 0 Å². The molecule has 0 amide bonds. The van der Waals surface area contributed by atoms with Crippen LogP contribution >= 0.6 is 0 Å². The molecule has 2 aromatic carbocycles. The van der Waals surface area contributed by atoms with Gasteiger partial charge in [-0.1, -0.05) is 24.3 Å². The van der Waals surface area contributed by atoms with Gasteiger partial charge in [-0.15, -0.1) is 0 Å². The van der Waals surface area contributed by atoms with Crippen LogP contribution in [0.2, 0.25) is 0 Å². The van der Waals surface area contributed by atoms with E-state index < -0.39 is 11.4 Å². The molecule has 4 heteroatoms. The molecule has 2 rings (SSSR count). The van der Waals surface area contributed by atoms with E-state index in [0.29, 0.717) is 0 Å². The van der Waals surface area contributed by atoms with Gasteiger partial charge in [-0.05, 0) is 56.2 Å². The van der Waals surface area contributed by atoms with Gasteiger partial charge in [-0.2, -0.15) is 0 Å². The van der Waals surface area contributed by atoms with Crippen molar-refractivity contribution < 1.29 is 9.90 Å². The Labute approximate surface area is 150 Å². The monoisotopic (exact) mass is 340 g/mol. The van der Waals surface area contributed by atoms with E-state index >= 15 is 0 Å². The van der Waals surface area contributed by atoms with Crippen LogP contribution in [0.4, 0.5) is 11.4 Å². The van der Waals surface area contributed by atoms with Crippen LogP contribution in [0.15, 0.2) is 48.5 Å². The van der Waals surface area contributed by atoms with E-state index in [2.05, 4.69) is 23.6 Å². The van der Waals surface area contributed by atoms with Crippen molar-refractivity contribution in [3.63, 3.8) is 0 Å². The minimum absolute atomic E-state index is 0.782. The van der Waals surface area contributed by atoms with Crippen LogP contribution in [0.3, 0.4) is 0 Å². The number of carboxylic acid groups (broad SMARTS) is 1. The molecule has 2 aromatic rings. The zero-order valence-corrected chi connectivity index (χ0v) is 15.8. The van der Waals surface area contributed by atoms with Crippen LogP contribution < -0.4 is 9.80 Å². The minimum atomic E-state index is -1.08. The highest BCUT2D eigenvalue weighted by Crippen LogP contribution is 2.34. The molecule has 0 aliphatic heterocycles. The third kappa shape index (κ3) is 3.63. The summed E-state index contributed by atoms with van der Waals surface area (Å²) in [7, 11) is 4.04. The molecule has 134 valence electrons. The summed E-state index contributed by atoms with van der Waals surface area (Å²) in [6.07, 6.45) is 0. The van der Waals surface area contributed by atoms with Crippen LogP contribution in [-0.4, -0.2) is 38.3 Å². The SMILES string of the molecule is CCN(C)c1ccc(C(C)(C(=O)O)c2ccc(N(C)CC)cc2)cc1. The molecule has 0 aliphatic carbocycles. The lowest BCUT2D eigenvalue weighted by atomic mass is 9.76. The lowest BCUT2D eigenvalue weighted by molar-refractivity contribution is -0.141. The summed E-state index contributed by atoms with van der Waals surface area (Å²) in [5.41, 5.74) is 2.65. The van der Waals surface area contributed by atoms with Crippen molar-refractivity contribution in [3.8, 4) is 0 Å². The highest BCUT2D eigenvalue weighted by Gasteiger charge is 2.37. The number of rotatable bonds is 7. The molecular formula is C21H28N2O2. The van der Waals surface area contributed by atoms with Crippen LogP contribution in [0.5, 0.6) is 0 Å². The first-order chi connectivity index (χ1) is 11.8. The van der Waals surface area contributed by atoms with Crippen molar-refractivity contribution >= 4 is 17.3 Å². The Morgan fingerprint density at radius 2 is 1.16 bits per heavy atom. The molecule has 0 radical (unpaired) electrons. The van der Waals surface area contributed by atoms with E-state index in [9.17, 15) is 9.90 Å². The lowest BCUT2D eigenvalue weighted by Gasteiger charge is -2.28. The number of carboxylic acids is 1. The number of aliphatic carboxylic acids is 1. The number of benzene rings is 2. The molecule has 0 heterocycles. The predicted molar refractivity (Wildman–Crippen MR) is 105 cm³/mol. The second kappa shape index (κ2) is 7.60. The standard InChI is InChI=1S/C21H28N2O2/c1-6-22(4)18-12-8-16(9-13-18)21(3,20(24)25)17-10-14-19(15-11-17)23(5)7-2/h8-15H,6-7H2,1-5H3,(H,24,25). The number of hydrogen-bond donors (Lipinski definition) is 1. The Balaban J connectivity index is 2.43. The highest BCUT2D eigenvalue weighted by molar-refractivity contribution is 5.86. The molecule has 0 fully saturated rings. The van der Waals surface area contributed by atoms with Gasteiger partial charge < -0.3 is 14.9 Å². The number of nitrogens with zero attached hydrogens (tertiary/aromatic N) is 2. The second-order valence-corrected chi connectivity index (χ2v) is 6.55. The Bertz CT molecular complexity index is 654. The van der Waals surface area contributed by atoms with E-state index in [1.54, 1.807) is 6.92 Å². The molecule has 0 atom stereocenters. The van der Waals surface area contributed by atoms with E-state index in [-0.39, 0.29) is 0 Å². The third-order valence-electron chi connectivity index (χ3n) is 5.15. The maximum atomic E-state index is 12.2. The summed E-state index contributed by atoms with van der Waals surface area (Å²) >= 11 is 0. The fourth-order valence-corrected chi connectivity index (χ4v) is 2.88. The van der Waals surface area contributed by atoms with Crippen molar-refractivity contribution in [2.75, 3.05) is 37.0 Å². The number of anilines is 2. The van der Waals surface area contributed by atoms with Crippen molar-refractivity contribution in [2.45, 2.75) is 26.2 Å². The fraction of sp³-hybridized carbons (Fsp3) is 0.381. The van der Waals surface area contributed by atoms with Crippen molar-refractivity contribution in [1.82, 2.24) is 0 Å². The molecule has 25 heavy (non-hydrogen) atoms. The normalized spacial score (nSPS) is 11.2. The Hall–Kier alpha value is -2.49. The zero-order chi connectivity index (χ0) is 18.6. The molecule has 0 spiro atoms. The number of hydrogen-bond acceptors (Lipinski definition) is 3. The third-order valence-corrected chi connectivity index (χ3v) is 5.15. The molecule has 4 nitrogen and oxygen atoms in total. The van der Waals surface area contributed by atoms with E-state index in [0.717, 1.165) is 35.6 Å². The van der Waals surface area contributed by atoms with Gasteiger partial charge in [0.05, 0.1) is 0 Å². The van der Waals surface area contributed by atoms with Crippen LogP contribution in [-0.2, 0) is 10.2 Å². The van der Waals surface area contributed by atoms with E-state index in [4.69, 9.17) is 0 Å². The van der Waals surface area contributed by atoms with Crippen LogP contribution in [0.1, 0.15) is 31.9 Å². The predicted octanol–water partition coefficient (Wildman–Crippen LogP) is 3.99. The summed E-state index contributed by atoms with van der Waals surface area (Å²) in [6.45, 7) is 7.75. The first-order valence-corrected chi connectivity index (χ1v) is 8.71. The molecule has 0 saturated carbocycles. The van der Waals surface area contributed by atoms with E-state index in [1.807, 2.05) is 62.6 Å². The first kappa shape index (κ1) is 18.8. The van der Waals surface area contributed by atoms with Gasteiger partial charge in [0, 0.05) is 38.6 Å². The van der Waals surface area contributed by atoms with Gasteiger partial charge in [0.25, 0.3) is 0 Å². The summed E-state index contributed by atoms with van der Waals surface area (Å²) in [6, 6.07) is 15.6. The maximum absolute atomic E-state index is 12.2. The number of carbonyl (C=O) groups is 1. The van der Waals surface area contributed by atoms with E-state index in [1.165, 1.54) is 0 Å². The Morgan fingerprint density at radius 3 is 1.40 bits per heavy atom. The Morgan fingerprint density at radius 1 is 0.840 bits per heavy atom. The van der Waals surface area contributed by atoms with Crippen molar-refractivity contribution in [1.29, 1.82) is 0 Å². The van der Waals surface area contributed by atoms with Gasteiger partial charge in [0.15, 0.2) is 0 Å². The molecule has 0 saturated heterocycles. The van der Waals surface area contributed by atoms with Gasteiger partial charge in [-0.3, -0.25) is 4.79 Å². The van der Waals surface area contributed by atoms with Crippen molar-refractivity contribution in [3.05, 3.63) is 59.7 Å². The first-order valence-electron chi connectivity index (χ1n) is 8.71. The lowest BCUT2D eigenvalue weighted by Crippen LogP contribution is -2.33. The summed E-state index contributed by atoms with van der Waals surface area (Å²) in [5.74, 6) is -0.847. The Kier molecular flexibility index (Phi) is 5.73. The van der Waals surface area contributed by atoms with Gasteiger partial charge in [-0.25, -0.2) is 0 Å². The topological polar surface area (TPSA) is 43.8 Å². The summed E-state index contributed by atoms with van der Waals surface area (Å²) < 4.78 is 0. The second-order valence-electron chi connectivity index (χ2n) is 6.55. The van der Waals surface area contributed by atoms with Crippen LogP contribution in [0.25, 0.3) is 0 Å².